The Morgan fingerprint density at radius 1 is 1.19 bits per heavy atom. The first-order chi connectivity index (χ1) is 7.85. The number of hydrogen-bond acceptors (Lipinski definition) is 3. The maximum absolute atomic E-state index is 5.69. The second-order valence-corrected chi connectivity index (χ2v) is 3.70. The molecular weight excluding hydrogens is 222 g/mol. The zero-order valence-electron chi connectivity index (χ0n) is 9.02. The molecule has 2 aromatic heterocycles. The van der Waals surface area contributed by atoms with Gasteiger partial charge in [0, 0.05) is 35.9 Å². The van der Waals surface area contributed by atoms with Crippen LogP contribution in [0.5, 0.6) is 0 Å². The van der Waals surface area contributed by atoms with Crippen molar-refractivity contribution in [3.63, 3.8) is 0 Å². The summed E-state index contributed by atoms with van der Waals surface area (Å²) in [6.07, 6.45) is 8.05. The molecule has 0 aromatic carbocycles. The first kappa shape index (κ1) is 11.0. The Morgan fingerprint density at radius 2 is 1.94 bits per heavy atom. The van der Waals surface area contributed by atoms with Gasteiger partial charge in [-0.25, -0.2) is 9.97 Å². The van der Waals surface area contributed by atoms with Gasteiger partial charge in [0.15, 0.2) is 5.82 Å². The minimum absolute atomic E-state index is 0.442. The first-order valence-electron chi connectivity index (χ1n) is 5.15. The third-order valence-corrected chi connectivity index (χ3v) is 2.69. The van der Waals surface area contributed by atoms with Gasteiger partial charge in [0.05, 0.1) is 5.88 Å². The number of alkyl halides is 1. The zero-order chi connectivity index (χ0) is 11.4. The van der Waals surface area contributed by atoms with Gasteiger partial charge in [-0.2, -0.15) is 0 Å². The normalized spacial score (nSPS) is 10.4. The van der Waals surface area contributed by atoms with Crippen LogP contribution in [0, 0.1) is 0 Å². The molecule has 2 rings (SSSR count). The molecule has 0 radical (unpaired) electrons. The van der Waals surface area contributed by atoms with Crippen molar-refractivity contribution in [2.45, 2.75) is 19.2 Å². The monoisotopic (exact) mass is 233 g/mol. The van der Waals surface area contributed by atoms with Gasteiger partial charge in [-0.1, -0.05) is 6.92 Å². The van der Waals surface area contributed by atoms with E-state index in [1.807, 2.05) is 12.3 Å². The van der Waals surface area contributed by atoms with Crippen LogP contribution in [0.1, 0.15) is 18.1 Å². The fraction of sp³-hybridized carbons (Fsp3) is 0.250. The minimum atomic E-state index is 0.442. The number of aromatic nitrogens is 3. The van der Waals surface area contributed by atoms with Crippen LogP contribution in [-0.4, -0.2) is 15.0 Å². The number of hydrogen-bond donors (Lipinski definition) is 0. The highest BCUT2D eigenvalue weighted by atomic mass is 35.5. The Bertz CT molecular complexity index is 468. The second-order valence-electron chi connectivity index (χ2n) is 3.43. The van der Waals surface area contributed by atoms with Crippen LogP contribution in [0.2, 0.25) is 0 Å². The van der Waals surface area contributed by atoms with Gasteiger partial charge < -0.3 is 0 Å². The Kier molecular flexibility index (Phi) is 3.47. The molecule has 0 bridgehead atoms. The molecule has 0 N–H and O–H groups in total. The Morgan fingerprint density at radius 3 is 2.56 bits per heavy atom. The Balaban J connectivity index is 2.42. The van der Waals surface area contributed by atoms with Crippen molar-refractivity contribution in [2.75, 3.05) is 0 Å². The molecule has 0 saturated heterocycles. The van der Waals surface area contributed by atoms with E-state index in [-0.39, 0.29) is 0 Å². The topological polar surface area (TPSA) is 38.7 Å². The molecule has 0 atom stereocenters. The lowest BCUT2D eigenvalue weighted by Crippen LogP contribution is -1.95. The van der Waals surface area contributed by atoms with E-state index in [4.69, 9.17) is 11.6 Å². The van der Waals surface area contributed by atoms with E-state index >= 15 is 0 Å². The van der Waals surface area contributed by atoms with E-state index in [1.165, 1.54) is 0 Å². The first-order valence-corrected chi connectivity index (χ1v) is 5.68. The number of nitrogens with zero attached hydrogens (tertiary/aromatic N) is 3. The van der Waals surface area contributed by atoms with Gasteiger partial charge in [-0.3, -0.25) is 4.98 Å². The van der Waals surface area contributed by atoms with Crippen LogP contribution >= 0.6 is 11.6 Å². The molecule has 0 aliphatic rings. The van der Waals surface area contributed by atoms with Gasteiger partial charge in [0.2, 0.25) is 0 Å². The SMILES string of the molecule is CCc1cnccc1-c1ncc(CCl)cn1. The van der Waals surface area contributed by atoms with Gasteiger partial charge in [-0.15, -0.1) is 11.6 Å². The molecule has 0 spiro atoms. The number of aryl methyl sites for hydroxylation is 1. The fourth-order valence-electron chi connectivity index (χ4n) is 1.49. The third kappa shape index (κ3) is 2.19. The lowest BCUT2D eigenvalue weighted by molar-refractivity contribution is 1.07. The van der Waals surface area contributed by atoms with Crippen molar-refractivity contribution in [1.29, 1.82) is 0 Å². The quantitative estimate of drug-likeness (QED) is 0.766. The zero-order valence-corrected chi connectivity index (χ0v) is 9.78. The molecule has 2 aromatic rings. The summed E-state index contributed by atoms with van der Waals surface area (Å²) >= 11 is 5.69. The molecule has 4 heteroatoms. The molecule has 16 heavy (non-hydrogen) atoms. The van der Waals surface area contributed by atoms with Gasteiger partial charge in [0.25, 0.3) is 0 Å². The van der Waals surface area contributed by atoms with Gasteiger partial charge in [-0.05, 0) is 18.1 Å². The molecule has 0 saturated carbocycles. The predicted octanol–water partition coefficient (Wildman–Crippen LogP) is 2.84. The van der Waals surface area contributed by atoms with Gasteiger partial charge in [0.1, 0.15) is 0 Å². The minimum Gasteiger partial charge on any atom is -0.264 e. The third-order valence-electron chi connectivity index (χ3n) is 2.39. The average molecular weight is 234 g/mol. The van der Waals surface area contributed by atoms with Crippen LogP contribution in [0.15, 0.2) is 30.9 Å². The summed E-state index contributed by atoms with van der Waals surface area (Å²) in [5.41, 5.74) is 3.12. The van der Waals surface area contributed by atoms with E-state index in [9.17, 15) is 0 Å². The average Bonchev–Trinajstić information content (AvgIpc) is 2.39. The molecule has 0 fully saturated rings. The van der Waals surface area contributed by atoms with Crippen molar-refractivity contribution >= 4 is 11.6 Å². The van der Waals surface area contributed by atoms with Crippen LogP contribution < -0.4 is 0 Å². The van der Waals surface area contributed by atoms with Crippen molar-refractivity contribution in [3.8, 4) is 11.4 Å². The Hall–Kier alpha value is -1.48. The molecule has 0 aliphatic heterocycles. The summed E-state index contributed by atoms with van der Waals surface area (Å²) in [6.45, 7) is 2.09. The van der Waals surface area contributed by atoms with E-state index in [1.54, 1.807) is 18.6 Å². The van der Waals surface area contributed by atoms with E-state index in [0.29, 0.717) is 5.88 Å². The van der Waals surface area contributed by atoms with Crippen molar-refractivity contribution in [2.24, 2.45) is 0 Å². The molecule has 3 nitrogen and oxygen atoms in total. The summed E-state index contributed by atoms with van der Waals surface area (Å²) in [7, 11) is 0. The number of halogens is 1. The molecule has 0 amide bonds. The van der Waals surface area contributed by atoms with Gasteiger partial charge >= 0.3 is 0 Å². The largest absolute Gasteiger partial charge is 0.264 e. The van der Waals surface area contributed by atoms with Crippen molar-refractivity contribution in [3.05, 3.63) is 42.0 Å². The number of rotatable bonds is 3. The van der Waals surface area contributed by atoms with Crippen LogP contribution in [-0.2, 0) is 12.3 Å². The molecule has 0 aliphatic carbocycles. The maximum atomic E-state index is 5.69. The van der Waals surface area contributed by atoms with Crippen LogP contribution in [0.4, 0.5) is 0 Å². The summed E-state index contributed by atoms with van der Waals surface area (Å²) in [5.74, 6) is 1.17. The maximum Gasteiger partial charge on any atom is 0.159 e. The fourth-order valence-corrected chi connectivity index (χ4v) is 1.63. The summed E-state index contributed by atoms with van der Waals surface area (Å²) in [5, 5.41) is 0. The van der Waals surface area contributed by atoms with Crippen molar-refractivity contribution < 1.29 is 0 Å². The standard InChI is InChI=1S/C12H12ClN3/c1-2-10-8-14-4-3-11(10)12-15-6-9(5-13)7-16-12/h3-4,6-8H,2,5H2,1H3. The lowest BCUT2D eigenvalue weighted by atomic mass is 10.1. The van der Waals surface area contributed by atoms with E-state index in [2.05, 4.69) is 21.9 Å². The van der Waals surface area contributed by atoms with Crippen LogP contribution in [0.3, 0.4) is 0 Å². The van der Waals surface area contributed by atoms with E-state index < -0.39 is 0 Å². The highest BCUT2D eigenvalue weighted by Crippen LogP contribution is 2.19. The summed E-state index contributed by atoms with van der Waals surface area (Å²) < 4.78 is 0. The lowest BCUT2D eigenvalue weighted by Gasteiger charge is -2.05. The molecule has 0 unspecified atom stereocenters. The smallest absolute Gasteiger partial charge is 0.159 e. The summed E-state index contributed by atoms with van der Waals surface area (Å²) in [6, 6.07) is 1.94. The number of pyridine rings is 1. The highest BCUT2D eigenvalue weighted by molar-refractivity contribution is 6.17. The second kappa shape index (κ2) is 5.03. The van der Waals surface area contributed by atoms with Crippen molar-refractivity contribution in [1.82, 2.24) is 15.0 Å². The van der Waals surface area contributed by atoms with Crippen LogP contribution in [0.25, 0.3) is 11.4 Å². The highest BCUT2D eigenvalue weighted by Gasteiger charge is 2.05. The summed E-state index contributed by atoms with van der Waals surface area (Å²) in [4.78, 5) is 12.7. The molecular formula is C12H12ClN3. The molecule has 2 heterocycles. The Labute approximate surface area is 99.5 Å². The predicted molar refractivity (Wildman–Crippen MR) is 64.2 cm³/mol. The molecule has 82 valence electrons. The van der Waals surface area contributed by atoms with E-state index in [0.717, 1.165) is 28.9 Å².